The zero-order valence-electron chi connectivity index (χ0n) is 16.4. The largest absolute Gasteiger partial charge is 0.359 e. The van der Waals surface area contributed by atoms with Crippen LogP contribution in [0.15, 0.2) is 15.6 Å². The highest BCUT2D eigenvalue weighted by Gasteiger charge is 2.27. The molecule has 0 amide bonds. The summed E-state index contributed by atoms with van der Waals surface area (Å²) in [5.74, 6) is 3.00. The number of hydrogen-bond acceptors (Lipinski definition) is 4. The van der Waals surface area contributed by atoms with Gasteiger partial charge in [0, 0.05) is 32.7 Å². The Labute approximate surface area is 174 Å². The minimum atomic E-state index is 0. The van der Waals surface area contributed by atoms with Crippen LogP contribution in [0.4, 0.5) is 0 Å². The summed E-state index contributed by atoms with van der Waals surface area (Å²) >= 11 is 0. The van der Waals surface area contributed by atoms with Crippen molar-refractivity contribution in [1.82, 2.24) is 20.3 Å². The van der Waals surface area contributed by atoms with Crippen LogP contribution in [-0.2, 0) is 6.54 Å². The van der Waals surface area contributed by atoms with Crippen LogP contribution in [-0.4, -0.2) is 60.7 Å². The van der Waals surface area contributed by atoms with E-state index in [1.165, 1.54) is 45.3 Å². The molecule has 0 aliphatic carbocycles. The molecule has 6 nitrogen and oxygen atoms in total. The molecule has 1 atom stereocenters. The second kappa shape index (κ2) is 10.5. The number of hydrogen-bond donors (Lipinski definition) is 1. The van der Waals surface area contributed by atoms with Crippen LogP contribution in [0.3, 0.4) is 0 Å². The van der Waals surface area contributed by atoms with E-state index in [9.17, 15) is 0 Å². The van der Waals surface area contributed by atoms with Gasteiger partial charge in [-0.05, 0) is 44.2 Å². The second-order valence-electron chi connectivity index (χ2n) is 7.74. The molecular weight excluding hydrogens is 441 g/mol. The molecule has 0 spiro atoms. The van der Waals surface area contributed by atoms with Gasteiger partial charge in [0.15, 0.2) is 11.7 Å². The van der Waals surface area contributed by atoms with Crippen molar-refractivity contribution in [3.05, 3.63) is 17.5 Å². The Hall–Kier alpha value is -0.830. The molecule has 0 bridgehead atoms. The normalized spacial score (nSPS) is 21.9. The highest BCUT2D eigenvalue weighted by Crippen LogP contribution is 2.20. The Morgan fingerprint density at radius 2 is 2.08 bits per heavy atom. The molecule has 7 heteroatoms. The molecule has 3 rings (SSSR count). The lowest BCUT2D eigenvalue weighted by Crippen LogP contribution is -2.40. The summed E-state index contributed by atoms with van der Waals surface area (Å²) in [7, 11) is 1.86. The molecule has 26 heavy (non-hydrogen) atoms. The lowest BCUT2D eigenvalue weighted by atomic mass is 10.1. The van der Waals surface area contributed by atoms with E-state index in [0.717, 1.165) is 36.4 Å². The highest BCUT2D eigenvalue weighted by atomic mass is 127. The fourth-order valence-electron chi connectivity index (χ4n) is 3.86. The van der Waals surface area contributed by atoms with Crippen molar-refractivity contribution in [2.24, 2.45) is 10.9 Å². The average molecular weight is 475 g/mol. The Morgan fingerprint density at radius 1 is 1.31 bits per heavy atom. The molecule has 148 valence electrons. The smallest absolute Gasteiger partial charge is 0.194 e. The third-order valence-electron chi connectivity index (χ3n) is 5.35. The van der Waals surface area contributed by atoms with Crippen molar-refractivity contribution in [2.45, 2.75) is 52.0 Å². The van der Waals surface area contributed by atoms with Gasteiger partial charge in [0.2, 0.25) is 0 Å². The maximum absolute atomic E-state index is 5.41. The van der Waals surface area contributed by atoms with Gasteiger partial charge in [-0.3, -0.25) is 4.99 Å². The number of nitrogens with zero attached hydrogens (tertiary/aromatic N) is 4. The van der Waals surface area contributed by atoms with Gasteiger partial charge in [0.25, 0.3) is 0 Å². The first kappa shape index (κ1) is 21.5. The molecule has 1 aromatic heterocycles. The molecule has 1 aromatic rings. The third kappa shape index (κ3) is 5.84. The zero-order chi connectivity index (χ0) is 17.6. The molecule has 2 aliphatic rings. The first-order valence-electron chi connectivity index (χ1n) is 9.79. The lowest BCUT2D eigenvalue weighted by Gasteiger charge is -2.29. The van der Waals surface area contributed by atoms with Crippen LogP contribution in [0.5, 0.6) is 0 Å². The summed E-state index contributed by atoms with van der Waals surface area (Å²) in [6, 6.07) is 2.04. The molecule has 2 aliphatic heterocycles. The number of halogens is 1. The van der Waals surface area contributed by atoms with Crippen LogP contribution in [0.2, 0.25) is 0 Å². The van der Waals surface area contributed by atoms with Gasteiger partial charge in [-0.1, -0.05) is 25.4 Å². The standard InChI is InChI=1S/C19H33N5O.HI/c1-15(2)18-11-17(25-22-18)12-21-19(20-3)24-10-7-16(14-24)13-23-8-5-4-6-9-23;/h11,15-16H,4-10,12-14H2,1-3H3,(H,20,21);1H. The maximum Gasteiger partial charge on any atom is 0.194 e. The van der Waals surface area contributed by atoms with E-state index < -0.39 is 0 Å². The lowest BCUT2D eigenvalue weighted by molar-refractivity contribution is 0.198. The zero-order valence-corrected chi connectivity index (χ0v) is 18.7. The fourth-order valence-corrected chi connectivity index (χ4v) is 3.86. The summed E-state index contributed by atoms with van der Waals surface area (Å²) in [6.07, 6.45) is 5.41. The Morgan fingerprint density at radius 3 is 2.73 bits per heavy atom. The molecule has 2 saturated heterocycles. The second-order valence-corrected chi connectivity index (χ2v) is 7.74. The summed E-state index contributed by atoms with van der Waals surface area (Å²) in [5.41, 5.74) is 1.01. The molecule has 3 heterocycles. The minimum absolute atomic E-state index is 0. The van der Waals surface area contributed by atoms with E-state index in [1.54, 1.807) is 0 Å². The minimum Gasteiger partial charge on any atom is -0.359 e. The monoisotopic (exact) mass is 475 g/mol. The van der Waals surface area contributed by atoms with E-state index >= 15 is 0 Å². The number of likely N-dealkylation sites (tertiary alicyclic amines) is 2. The molecule has 1 unspecified atom stereocenters. The van der Waals surface area contributed by atoms with E-state index in [0.29, 0.717) is 12.5 Å². The Bertz CT molecular complexity index is 568. The molecule has 0 radical (unpaired) electrons. The SMILES string of the molecule is CN=C(NCc1cc(C(C)C)no1)N1CCC(CN2CCCCC2)C1.I. The topological polar surface area (TPSA) is 56.9 Å². The number of aliphatic imine (C=N–C) groups is 1. The summed E-state index contributed by atoms with van der Waals surface area (Å²) in [4.78, 5) is 9.50. The predicted molar refractivity (Wildman–Crippen MR) is 116 cm³/mol. The summed E-state index contributed by atoms with van der Waals surface area (Å²) in [5, 5.41) is 7.55. The van der Waals surface area contributed by atoms with Gasteiger partial charge in [-0.25, -0.2) is 0 Å². The molecule has 1 N–H and O–H groups in total. The van der Waals surface area contributed by atoms with Crippen molar-refractivity contribution in [1.29, 1.82) is 0 Å². The first-order valence-corrected chi connectivity index (χ1v) is 9.79. The van der Waals surface area contributed by atoms with E-state index in [1.807, 2.05) is 13.1 Å². The van der Waals surface area contributed by atoms with Gasteiger partial charge < -0.3 is 19.6 Å². The van der Waals surface area contributed by atoms with Crippen LogP contribution in [0.1, 0.15) is 56.9 Å². The summed E-state index contributed by atoms with van der Waals surface area (Å²) in [6.45, 7) is 10.9. The molecule has 0 aromatic carbocycles. The van der Waals surface area contributed by atoms with Gasteiger partial charge in [0.1, 0.15) is 0 Å². The van der Waals surface area contributed by atoms with Crippen molar-refractivity contribution in [3.63, 3.8) is 0 Å². The fraction of sp³-hybridized carbons (Fsp3) is 0.789. The van der Waals surface area contributed by atoms with Crippen LogP contribution in [0.25, 0.3) is 0 Å². The maximum atomic E-state index is 5.41. The number of rotatable bonds is 5. The number of nitrogens with one attached hydrogen (secondary N) is 1. The van der Waals surface area contributed by atoms with E-state index in [-0.39, 0.29) is 24.0 Å². The molecular formula is C19H34IN5O. The van der Waals surface area contributed by atoms with Crippen LogP contribution >= 0.6 is 24.0 Å². The van der Waals surface area contributed by atoms with Crippen LogP contribution < -0.4 is 5.32 Å². The van der Waals surface area contributed by atoms with Crippen LogP contribution in [0, 0.1) is 5.92 Å². The van der Waals surface area contributed by atoms with E-state index in [2.05, 4.69) is 39.1 Å². The van der Waals surface area contributed by atoms with Crippen molar-refractivity contribution >= 4 is 29.9 Å². The quantitative estimate of drug-likeness (QED) is 0.403. The average Bonchev–Trinajstić information content (AvgIpc) is 3.26. The third-order valence-corrected chi connectivity index (χ3v) is 5.35. The first-order chi connectivity index (χ1) is 12.2. The number of piperidine rings is 1. The highest BCUT2D eigenvalue weighted by molar-refractivity contribution is 14.0. The number of aromatic nitrogens is 1. The van der Waals surface area contributed by atoms with E-state index in [4.69, 9.17) is 4.52 Å². The van der Waals surface area contributed by atoms with Crippen molar-refractivity contribution in [3.8, 4) is 0 Å². The summed E-state index contributed by atoms with van der Waals surface area (Å²) < 4.78 is 5.41. The van der Waals surface area contributed by atoms with Crippen molar-refractivity contribution < 1.29 is 4.52 Å². The van der Waals surface area contributed by atoms with Gasteiger partial charge in [-0.2, -0.15) is 0 Å². The number of guanidine groups is 1. The molecule has 0 saturated carbocycles. The van der Waals surface area contributed by atoms with Gasteiger partial charge >= 0.3 is 0 Å². The predicted octanol–water partition coefficient (Wildman–Crippen LogP) is 3.30. The molecule has 2 fully saturated rings. The van der Waals surface area contributed by atoms with Gasteiger partial charge in [-0.15, -0.1) is 24.0 Å². The van der Waals surface area contributed by atoms with Gasteiger partial charge in [0.05, 0.1) is 12.2 Å². The Kier molecular flexibility index (Phi) is 8.66. The van der Waals surface area contributed by atoms with Crippen molar-refractivity contribution in [2.75, 3.05) is 39.8 Å². The Balaban J connectivity index is 0.00000243.